The predicted octanol–water partition coefficient (Wildman–Crippen LogP) is 3.44. The smallest absolute Gasteiger partial charge is 0.289 e. The molecule has 10 heteroatoms. The Kier molecular flexibility index (Phi) is 6.48. The summed E-state index contributed by atoms with van der Waals surface area (Å²) in [7, 11) is 0. The van der Waals surface area contributed by atoms with Crippen LogP contribution in [0.2, 0.25) is 5.02 Å². The normalized spacial score (nSPS) is 16.1. The van der Waals surface area contributed by atoms with Gasteiger partial charge in [-0.2, -0.15) is 4.98 Å². The number of amides is 1. The zero-order valence-corrected chi connectivity index (χ0v) is 16.9. The van der Waals surface area contributed by atoms with Crippen molar-refractivity contribution in [3.8, 4) is 0 Å². The van der Waals surface area contributed by atoms with E-state index in [0.717, 1.165) is 37.3 Å². The lowest BCUT2D eigenvalue weighted by molar-refractivity contribution is -0.384. The molecule has 1 unspecified atom stereocenters. The first-order valence-corrected chi connectivity index (χ1v) is 9.85. The molecule has 0 bridgehead atoms. The third kappa shape index (κ3) is 5.32. The fraction of sp³-hybridized carbons (Fsp3) is 0.421. The van der Waals surface area contributed by atoms with Gasteiger partial charge in [-0.3, -0.25) is 14.9 Å². The van der Waals surface area contributed by atoms with Crippen LogP contribution in [0.1, 0.15) is 31.9 Å². The van der Waals surface area contributed by atoms with Gasteiger partial charge in [0.1, 0.15) is 10.8 Å². The molecule has 3 N–H and O–H groups in total. The van der Waals surface area contributed by atoms with Crippen LogP contribution in [0.25, 0.3) is 0 Å². The van der Waals surface area contributed by atoms with Gasteiger partial charge in [0, 0.05) is 43.0 Å². The molecule has 1 aliphatic rings. The van der Waals surface area contributed by atoms with Gasteiger partial charge in [0.2, 0.25) is 11.9 Å². The Morgan fingerprint density at radius 3 is 2.90 bits per heavy atom. The van der Waals surface area contributed by atoms with Crippen molar-refractivity contribution < 1.29 is 9.72 Å². The monoisotopic (exact) mass is 418 g/mol. The van der Waals surface area contributed by atoms with E-state index in [1.807, 2.05) is 6.07 Å². The summed E-state index contributed by atoms with van der Waals surface area (Å²) in [6, 6.07) is 6.42. The van der Waals surface area contributed by atoms with Crippen LogP contribution in [0.5, 0.6) is 0 Å². The highest BCUT2D eigenvalue weighted by Gasteiger charge is 2.25. The first-order chi connectivity index (χ1) is 13.9. The van der Waals surface area contributed by atoms with Crippen LogP contribution in [0.15, 0.2) is 24.3 Å². The lowest BCUT2D eigenvalue weighted by atomic mass is 10.1. The molecule has 2 aromatic rings. The molecule has 29 heavy (non-hydrogen) atoms. The van der Waals surface area contributed by atoms with Crippen molar-refractivity contribution >= 4 is 40.6 Å². The number of halogens is 1. The van der Waals surface area contributed by atoms with Gasteiger partial charge in [-0.25, -0.2) is 4.98 Å². The Labute approximate surface area is 173 Å². The van der Waals surface area contributed by atoms with Crippen LogP contribution in [0.3, 0.4) is 0 Å². The SMILES string of the molecule is CCCc1cc(N2CCC(CC(N)=O)C2)nc(Nc2ccc(Cl)c([N+](=O)[O-])c2)n1. The Bertz CT molecular complexity index is 923. The summed E-state index contributed by atoms with van der Waals surface area (Å²) in [5.41, 5.74) is 6.50. The maximum Gasteiger partial charge on any atom is 0.289 e. The average molecular weight is 419 g/mol. The molecule has 0 spiro atoms. The number of nitrogens with zero attached hydrogens (tertiary/aromatic N) is 4. The molecule has 1 fully saturated rings. The second-order valence-corrected chi connectivity index (χ2v) is 7.52. The number of primary amides is 1. The summed E-state index contributed by atoms with van der Waals surface area (Å²) >= 11 is 5.88. The summed E-state index contributed by atoms with van der Waals surface area (Å²) in [5.74, 6) is 1.05. The number of nitro benzene ring substituents is 1. The molecule has 1 saturated heterocycles. The first-order valence-electron chi connectivity index (χ1n) is 9.48. The van der Waals surface area contributed by atoms with Crippen LogP contribution >= 0.6 is 11.6 Å². The molecule has 154 valence electrons. The molecule has 0 saturated carbocycles. The minimum absolute atomic E-state index is 0.0689. The van der Waals surface area contributed by atoms with Gasteiger partial charge in [-0.05, 0) is 30.9 Å². The lowest BCUT2D eigenvalue weighted by Crippen LogP contribution is -2.23. The van der Waals surface area contributed by atoms with Gasteiger partial charge in [0.15, 0.2) is 0 Å². The zero-order chi connectivity index (χ0) is 21.0. The van der Waals surface area contributed by atoms with Crippen molar-refractivity contribution in [3.05, 3.63) is 45.1 Å². The van der Waals surface area contributed by atoms with Gasteiger partial charge in [0.25, 0.3) is 5.69 Å². The van der Waals surface area contributed by atoms with Crippen LogP contribution in [0.4, 0.5) is 23.1 Å². The quantitative estimate of drug-likeness (QED) is 0.496. The van der Waals surface area contributed by atoms with E-state index in [2.05, 4.69) is 27.1 Å². The van der Waals surface area contributed by atoms with Crippen molar-refractivity contribution in [1.29, 1.82) is 0 Å². The highest BCUT2D eigenvalue weighted by Crippen LogP contribution is 2.30. The maximum atomic E-state index is 11.2. The van der Waals surface area contributed by atoms with E-state index in [4.69, 9.17) is 17.3 Å². The second kappa shape index (κ2) is 9.04. The van der Waals surface area contributed by atoms with E-state index in [9.17, 15) is 14.9 Å². The van der Waals surface area contributed by atoms with E-state index in [0.29, 0.717) is 24.6 Å². The van der Waals surface area contributed by atoms with Crippen molar-refractivity contribution in [1.82, 2.24) is 9.97 Å². The number of hydrogen-bond acceptors (Lipinski definition) is 7. The number of nitro groups is 1. The summed E-state index contributed by atoms with van der Waals surface area (Å²) in [6.07, 6.45) is 2.95. The van der Waals surface area contributed by atoms with Crippen molar-refractivity contribution in [2.75, 3.05) is 23.3 Å². The third-order valence-electron chi connectivity index (χ3n) is 4.77. The molecular weight excluding hydrogens is 396 g/mol. The minimum atomic E-state index is -0.531. The van der Waals surface area contributed by atoms with Crippen LogP contribution < -0.4 is 16.0 Å². The number of aryl methyl sites for hydroxylation is 1. The Morgan fingerprint density at radius 2 is 2.21 bits per heavy atom. The number of nitrogens with one attached hydrogen (secondary N) is 1. The molecule has 0 radical (unpaired) electrons. The van der Waals surface area contributed by atoms with Gasteiger partial charge >= 0.3 is 0 Å². The minimum Gasteiger partial charge on any atom is -0.370 e. The zero-order valence-electron chi connectivity index (χ0n) is 16.1. The number of nitrogens with two attached hydrogens (primary N) is 1. The van der Waals surface area contributed by atoms with Gasteiger partial charge in [-0.1, -0.05) is 24.9 Å². The van der Waals surface area contributed by atoms with Crippen molar-refractivity contribution in [3.63, 3.8) is 0 Å². The molecule has 0 aliphatic carbocycles. The summed E-state index contributed by atoms with van der Waals surface area (Å²) in [4.78, 5) is 33.0. The fourth-order valence-electron chi connectivity index (χ4n) is 3.44. The molecule has 1 atom stereocenters. The molecule has 3 rings (SSSR count). The van der Waals surface area contributed by atoms with E-state index >= 15 is 0 Å². The van der Waals surface area contributed by atoms with E-state index in [1.165, 1.54) is 12.1 Å². The first kappa shape index (κ1) is 20.8. The van der Waals surface area contributed by atoms with E-state index < -0.39 is 4.92 Å². The number of benzene rings is 1. The lowest BCUT2D eigenvalue weighted by Gasteiger charge is -2.19. The molecule has 1 aromatic carbocycles. The van der Waals surface area contributed by atoms with E-state index in [1.54, 1.807) is 6.07 Å². The van der Waals surface area contributed by atoms with Gasteiger partial charge in [-0.15, -0.1) is 0 Å². The standard InChI is InChI=1S/C19H23ClN6O3/c1-2-3-13-10-18(25-7-6-12(11-25)8-17(21)27)24-19(22-13)23-14-4-5-15(20)16(9-14)26(28)29/h4-5,9-10,12H,2-3,6-8,11H2,1H3,(H2,21,27)(H,22,23,24). The molecular formula is C19H23ClN6O3. The van der Waals surface area contributed by atoms with Crippen LogP contribution in [-0.2, 0) is 11.2 Å². The van der Waals surface area contributed by atoms with Crippen LogP contribution in [0, 0.1) is 16.0 Å². The number of aromatic nitrogens is 2. The molecule has 9 nitrogen and oxygen atoms in total. The molecule has 1 aliphatic heterocycles. The molecule has 1 aromatic heterocycles. The summed E-state index contributed by atoms with van der Waals surface area (Å²) < 4.78 is 0. The van der Waals surface area contributed by atoms with Crippen molar-refractivity contribution in [2.45, 2.75) is 32.6 Å². The average Bonchev–Trinajstić information content (AvgIpc) is 3.11. The topological polar surface area (TPSA) is 127 Å². The number of carbonyl (C=O) groups is 1. The highest BCUT2D eigenvalue weighted by molar-refractivity contribution is 6.32. The Hall–Kier alpha value is -2.94. The summed E-state index contributed by atoms with van der Waals surface area (Å²) in [5, 5.41) is 14.2. The molecule has 2 heterocycles. The van der Waals surface area contributed by atoms with E-state index in [-0.39, 0.29) is 22.5 Å². The van der Waals surface area contributed by atoms with Gasteiger partial charge in [0.05, 0.1) is 4.92 Å². The predicted molar refractivity (Wildman–Crippen MR) is 112 cm³/mol. The maximum absolute atomic E-state index is 11.2. The largest absolute Gasteiger partial charge is 0.370 e. The van der Waals surface area contributed by atoms with Crippen LogP contribution in [-0.4, -0.2) is 33.9 Å². The molecule has 1 amide bonds. The Balaban J connectivity index is 1.85. The van der Waals surface area contributed by atoms with Crippen molar-refractivity contribution in [2.24, 2.45) is 11.7 Å². The van der Waals surface area contributed by atoms with Gasteiger partial charge < -0.3 is 16.0 Å². The Morgan fingerprint density at radius 1 is 1.41 bits per heavy atom. The second-order valence-electron chi connectivity index (χ2n) is 7.11. The third-order valence-corrected chi connectivity index (χ3v) is 5.09. The number of rotatable bonds is 8. The number of anilines is 3. The number of carbonyl (C=O) groups excluding carboxylic acids is 1. The summed E-state index contributed by atoms with van der Waals surface area (Å²) in [6.45, 7) is 3.56. The fourth-order valence-corrected chi connectivity index (χ4v) is 3.62. The number of hydrogen-bond donors (Lipinski definition) is 2. The highest BCUT2D eigenvalue weighted by atomic mass is 35.5.